The first-order valence-electron chi connectivity index (χ1n) is 9.49. The fourth-order valence-electron chi connectivity index (χ4n) is 3.93. The number of amides is 1. The monoisotopic (exact) mass is 369 g/mol. The Bertz CT molecular complexity index is 825. The number of rotatable bonds is 3. The molecule has 27 heavy (non-hydrogen) atoms. The lowest BCUT2D eigenvalue weighted by molar-refractivity contribution is -0.133. The fraction of sp³-hybridized carbons (Fsp3) is 0.526. The van der Waals surface area contributed by atoms with Crippen LogP contribution in [0.2, 0.25) is 0 Å². The number of hydrogen-bond donors (Lipinski definition) is 2. The van der Waals surface area contributed by atoms with Crippen LogP contribution in [0.4, 0.5) is 5.82 Å². The average Bonchev–Trinajstić information content (AvgIpc) is 3.32. The van der Waals surface area contributed by atoms with Gasteiger partial charge >= 0.3 is 0 Å². The number of hydrazine groups is 1. The third-order valence-electron chi connectivity index (χ3n) is 5.48. The van der Waals surface area contributed by atoms with Crippen LogP contribution in [-0.4, -0.2) is 57.6 Å². The molecule has 2 atom stereocenters. The molecule has 4 rings (SSSR count). The van der Waals surface area contributed by atoms with Crippen LogP contribution in [0.5, 0.6) is 0 Å². The molecule has 144 valence electrons. The number of aryl methyl sites for hydroxylation is 3. The molecule has 8 nitrogen and oxygen atoms in total. The summed E-state index contributed by atoms with van der Waals surface area (Å²) in [6, 6.07) is 4.10. The number of carbonyl (C=O) groups is 1. The predicted octanol–water partition coefficient (Wildman–Crippen LogP) is 0.688. The van der Waals surface area contributed by atoms with Crippen LogP contribution in [-0.2, 0) is 11.8 Å². The molecule has 0 radical (unpaired) electrons. The maximum atomic E-state index is 12.9. The minimum atomic E-state index is -0.183. The molecule has 0 aliphatic carbocycles. The maximum absolute atomic E-state index is 12.9. The van der Waals surface area contributed by atoms with E-state index in [2.05, 4.69) is 36.4 Å². The predicted molar refractivity (Wildman–Crippen MR) is 103 cm³/mol. The molecule has 2 aliphatic heterocycles. The first-order chi connectivity index (χ1) is 13.0. The van der Waals surface area contributed by atoms with Gasteiger partial charge in [0.25, 0.3) is 0 Å². The second-order valence-electron chi connectivity index (χ2n) is 7.41. The number of aromatic nitrogens is 3. The molecule has 2 aromatic heterocycles. The van der Waals surface area contributed by atoms with Crippen molar-refractivity contribution in [2.24, 2.45) is 7.05 Å². The van der Waals surface area contributed by atoms with Gasteiger partial charge in [-0.05, 0) is 32.4 Å². The van der Waals surface area contributed by atoms with E-state index in [0.717, 1.165) is 36.7 Å². The van der Waals surface area contributed by atoms with Crippen LogP contribution < -0.4 is 15.8 Å². The quantitative estimate of drug-likeness (QED) is 0.829. The van der Waals surface area contributed by atoms with Gasteiger partial charge in [0.1, 0.15) is 11.9 Å². The van der Waals surface area contributed by atoms with Gasteiger partial charge < -0.3 is 14.4 Å². The Morgan fingerprint density at radius 1 is 1.19 bits per heavy atom. The molecule has 2 aromatic rings. The molecular formula is C19H27N7O. The van der Waals surface area contributed by atoms with Crippen LogP contribution in [0.25, 0.3) is 0 Å². The molecular weight excluding hydrogens is 342 g/mol. The van der Waals surface area contributed by atoms with Crippen molar-refractivity contribution in [3.63, 3.8) is 0 Å². The van der Waals surface area contributed by atoms with Crippen molar-refractivity contribution in [2.75, 3.05) is 31.1 Å². The van der Waals surface area contributed by atoms with Gasteiger partial charge in [-0.2, -0.15) is 0 Å². The van der Waals surface area contributed by atoms with E-state index in [1.165, 1.54) is 5.69 Å². The van der Waals surface area contributed by atoms with Crippen molar-refractivity contribution in [1.29, 1.82) is 0 Å². The zero-order valence-electron chi connectivity index (χ0n) is 16.1. The summed E-state index contributed by atoms with van der Waals surface area (Å²) in [7, 11) is 2.03. The van der Waals surface area contributed by atoms with Crippen LogP contribution in [0.1, 0.15) is 29.5 Å². The highest BCUT2D eigenvalue weighted by Crippen LogP contribution is 2.24. The van der Waals surface area contributed by atoms with Crippen LogP contribution in [0.3, 0.4) is 0 Å². The molecule has 0 saturated carbocycles. The van der Waals surface area contributed by atoms with E-state index < -0.39 is 0 Å². The molecule has 1 amide bonds. The summed E-state index contributed by atoms with van der Waals surface area (Å²) < 4.78 is 2.09. The standard InChI is InChI=1S/C19H27N7O/c1-13-12-20-14(2)18(21-13)25-7-9-26(10-8-25)19(27)16-11-15(22-23-16)17-5-4-6-24(17)3/h4-6,12,15-16,22-23H,7-11H2,1-3H3. The average molecular weight is 369 g/mol. The zero-order valence-corrected chi connectivity index (χ0v) is 16.1. The Balaban J connectivity index is 1.35. The SMILES string of the molecule is Cc1cnc(C)c(N2CCN(C(=O)C3CC(c4cccn4C)NN3)CC2)n1. The van der Waals surface area contributed by atoms with Gasteiger partial charge in [-0.15, -0.1) is 0 Å². The van der Waals surface area contributed by atoms with Gasteiger partial charge in [0.2, 0.25) is 5.91 Å². The van der Waals surface area contributed by atoms with Crippen molar-refractivity contribution in [3.8, 4) is 0 Å². The second kappa shape index (κ2) is 7.28. The van der Waals surface area contributed by atoms with E-state index in [9.17, 15) is 4.79 Å². The Morgan fingerprint density at radius 2 is 1.96 bits per heavy atom. The van der Waals surface area contributed by atoms with Crippen molar-refractivity contribution >= 4 is 11.7 Å². The third kappa shape index (κ3) is 3.54. The second-order valence-corrected chi connectivity index (χ2v) is 7.41. The van der Waals surface area contributed by atoms with Crippen LogP contribution in [0, 0.1) is 13.8 Å². The fourth-order valence-corrected chi connectivity index (χ4v) is 3.93. The summed E-state index contributed by atoms with van der Waals surface area (Å²) in [5.41, 5.74) is 9.51. The molecule has 0 spiro atoms. The lowest BCUT2D eigenvalue weighted by Gasteiger charge is -2.36. The molecule has 2 unspecified atom stereocenters. The van der Waals surface area contributed by atoms with Gasteiger partial charge in [0, 0.05) is 51.3 Å². The third-order valence-corrected chi connectivity index (χ3v) is 5.48. The lowest BCUT2D eigenvalue weighted by atomic mass is 10.1. The van der Waals surface area contributed by atoms with Crippen molar-refractivity contribution in [2.45, 2.75) is 32.4 Å². The molecule has 2 saturated heterocycles. The highest BCUT2D eigenvalue weighted by Gasteiger charge is 2.35. The highest BCUT2D eigenvalue weighted by molar-refractivity contribution is 5.82. The van der Waals surface area contributed by atoms with Gasteiger partial charge in [-0.1, -0.05) is 0 Å². The Morgan fingerprint density at radius 3 is 2.67 bits per heavy atom. The Kier molecular flexibility index (Phi) is 4.84. The van der Waals surface area contributed by atoms with E-state index in [-0.39, 0.29) is 18.0 Å². The van der Waals surface area contributed by atoms with Gasteiger partial charge in [0.15, 0.2) is 0 Å². The summed E-state index contributed by atoms with van der Waals surface area (Å²) in [6.07, 6.45) is 4.58. The topological polar surface area (TPSA) is 78.3 Å². The summed E-state index contributed by atoms with van der Waals surface area (Å²) in [5, 5.41) is 0. The molecule has 8 heteroatoms. The first kappa shape index (κ1) is 17.9. The summed E-state index contributed by atoms with van der Waals surface area (Å²) in [4.78, 5) is 26.2. The Labute approximate surface area is 159 Å². The molecule has 2 fully saturated rings. The molecule has 2 N–H and O–H groups in total. The van der Waals surface area contributed by atoms with Crippen LogP contribution in [0.15, 0.2) is 24.5 Å². The summed E-state index contributed by atoms with van der Waals surface area (Å²) in [5.74, 6) is 1.11. The lowest BCUT2D eigenvalue weighted by Crippen LogP contribution is -2.54. The number of anilines is 1. The normalized spacial score (nSPS) is 23.1. The summed E-state index contributed by atoms with van der Waals surface area (Å²) in [6.45, 7) is 6.93. The molecule has 0 aromatic carbocycles. The van der Waals surface area contributed by atoms with E-state index in [1.54, 1.807) is 6.20 Å². The van der Waals surface area contributed by atoms with Gasteiger partial charge in [0.05, 0.1) is 17.4 Å². The van der Waals surface area contributed by atoms with Gasteiger partial charge in [-0.3, -0.25) is 9.78 Å². The summed E-state index contributed by atoms with van der Waals surface area (Å²) >= 11 is 0. The molecule has 2 aliphatic rings. The van der Waals surface area contributed by atoms with E-state index in [4.69, 9.17) is 0 Å². The molecule has 0 bridgehead atoms. The minimum Gasteiger partial charge on any atom is -0.353 e. The number of nitrogens with zero attached hydrogens (tertiary/aromatic N) is 5. The minimum absolute atomic E-state index is 0.158. The number of carbonyl (C=O) groups excluding carboxylic acids is 1. The largest absolute Gasteiger partial charge is 0.353 e. The van der Waals surface area contributed by atoms with Crippen molar-refractivity contribution in [3.05, 3.63) is 41.6 Å². The zero-order chi connectivity index (χ0) is 19.0. The van der Waals surface area contributed by atoms with Gasteiger partial charge in [-0.25, -0.2) is 15.8 Å². The Hall–Kier alpha value is -2.45. The smallest absolute Gasteiger partial charge is 0.241 e. The van der Waals surface area contributed by atoms with Crippen molar-refractivity contribution < 1.29 is 4.79 Å². The number of hydrogen-bond acceptors (Lipinski definition) is 6. The van der Waals surface area contributed by atoms with E-state index >= 15 is 0 Å². The van der Waals surface area contributed by atoms with Crippen molar-refractivity contribution in [1.82, 2.24) is 30.3 Å². The maximum Gasteiger partial charge on any atom is 0.241 e. The first-order valence-corrected chi connectivity index (χ1v) is 9.49. The van der Waals surface area contributed by atoms with E-state index in [1.807, 2.05) is 38.1 Å². The van der Waals surface area contributed by atoms with Crippen LogP contribution >= 0.6 is 0 Å². The van der Waals surface area contributed by atoms with E-state index in [0.29, 0.717) is 13.1 Å². The number of nitrogens with one attached hydrogen (secondary N) is 2. The highest BCUT2D eigenvalue weighted by atomic mass is 16.2. The molecule has 4 heterocycles. The number of piperazine rings is 1.